The molecule has 0 bridgehead atoms. The highest BCUT2D eigenvalue weighted by atomic mass is 16.2. The first kappa shape index (κ1) is 11.1. The van der Waals surface area contributed by atoms with Crippen molar-refractivity contribution in [2.24, 2.45) is 0 Å². The fourth-order valence-corrected chi connectivity index (χ4v) is 0.891. The standard InChI is InChI=1S/C7H6N4O.C2H6O/c12-5(6-8-1-2-9-6)7-10-3-4-11-7;1-2-3/h1-4H,(H,8,9)(H,10,11);3H,2H2,1H3. The van der Waals surface area contributed by atoms with Crippen LogP contribution in [0.5, 0.6) is 0 Å². The Kier molecular flexibility index (Phi) is 4.24. The third-order valence-electron chi connectivity index (χ3n) is 1.43. The van der Waals surface area contributed by atoms with Gasteiger partial charge in [0.1, 0.15) is 0 Å². The number of rotatable bonds is 2. The Hall–Kier alpha value is -1.95. The fraction of sp³-hybridized carbons (Fsp3) is 0.222. The largest absolute Gasteiger partial charge is 0.397 e. The minimum Gasteiger partial charge on any atom is -0.397 e. The highest BCUT2D eigenvalue weighted by molar-refractivity contribution is 6.03. The molecule has 3 N–H and O–H groups in total. The molecule has 2 aromatic heterocycles. The number of hydrogen-bond acceptors (Lipinski definition) is 4. The number of aromatic nitrogens is 4. The minimum absolute atomic E-state index is 0.231. The molecule has 0 saturated heterocycles. The van der Waals surface area contributed by atoms with Crippen LogP contribution in [0.4, 0.5) is 0 Å². The van der Waals surface area contributed by atoms with Gasteiger partial charge in [-0.05, 0) is 6.92 Å². The molecule has 6 nitrogen and oxygen atoms in total. The molecular weight excluding hydrogens is 196 g/mol. The van der Waals surface area contributed by atoms with Gasteiger partial charge in [0.05, 0.1) is 0 Å². The van der Waals surface area contributed by atoms with Crippen LogP contribution in [0.15, 0.2) is 24.8 Å². The van der Waals surface area contributed by atoms with Crippen molar-refractivity contribution in [2.45, 2.75) is 6.92 Å². The van der Waals surface area contributed by atoms with Gasteiger partial charge in [-0.3, -0.25) is 4.79 Å². The molecule has 15 heavy (non-hydrogen) atoms. The summed E-state index contributed by atoms with van der Waals surface area (Å²) in [6, 6.07) is 0. The van der Waals surface area contributed by atoms with Crippen molar-refractivity contribution in [3.05, 3.63) is 36.4 Å². The molecule has 0 aliphatic carbocycles. The number of carbonyl (C=O) groups excluding carboxylic acids is 1. The van der Waals surface area contributed by atoms with E-state index >= 15 is 0 Å². The third-order valence-corrected chi connectivity index (χ3v) is 1.43. The first-order valence-electron chi connectivity index (χ1n) is 4.44. The number of carbonyl (C=O) groups is 1. The first-order valence-corrected chi connectivity index (χ1v) is 4.44. The molecule has 2 rings (SSSR count). The van der Waals surface area contributed by atoms with Crippen LogP contribution >= 0.6 is 0 Å². The Bertz CT molecular complexity index is 344. The second-order valence-electron chi connectivity index (χ2n) is 2.52. The molecule has 0 spiro atoms. The van der Waals surface area contributed by atoms with E-state index in [2.05, 4.69) is 19.9 Å². The summed E-state index contributed by atoms with van der Waals surface area (Å²) < 4.78 is 0. The predicted molar refractivity (Wildman–Crippen MR) is 53.4 cm³/mol. The lowest BCUT2D eigenvalue weighted by Crippen LogP contribution is -2.05. The summed E-state index contributed by atoms with van der Waals surface area (Å²) in [5, 5.41) is 7.57. The van der Waals surface area contributed by atoms with Crippen molar-refractivity contribution >= 4 is 5.78 Å². The van der Waals surface area contributed by atoms with Gasteiger partial charge in [0.2, 0.25) is 0 Å². The summed E-state index contributed by atoms with van der Waals surface area (Å²) in [6.45, 7) is 1.93. The maximum atomic E-state index is 11.4. The molecule has 0 aromatic carbocycles. The molecule has 2 aromatic rings. The SMILES string of the molecule is CCO.O=C(c1ncc[nH]1)c1ncc[nH]1. The molecule has 0 atom stereocenters. The fourth-order valence-electron chi connectivity index (χ4n) is 0.891. The van der Waals surface area contributed by atoms with E-state index in [1.807, 2.05) is 0 Å². The Balaban J connectivity index is 0.000000337. The van der Waals surface area contributed by atoms with Gasteiger partial charge in [0.25, 0.3) is 5.78 Å². The van der Waals surface area contributed by atoms with E-state index in [0.29, 0.717) is 11.6 Å². The molecule has 0 aliphatic rings. The number of aromatic amines is 2. The van der Waals surface area contributed by atoms with Crippen LogP contribution in [0.1, 0.15) is 23.4 Å². The maximum Gasteiger partial charge on any atom is 0.263 e. The van der Waals surface area contributed by atoms with Gasteiger partial charge < -0.3 is 15.1 Å². The average Bonchev–Trinajstić information content (AvgIpc) is 2.92. The second-order valence-corrected chi connectivity index (χ2v) is 2.52. The molecule has 0 amide bonds. The topological polar surface area (TPSA) is 94.7 Å². The highest BCUT2D eigenvalue weighted by Gasteiger charge is 2.12. The van der Waals surface area contributed by atoms with Gasteiger partial charge in [0, 0.05) is 31.4 Å². The third kappa shape index (κ3) is 3.03. The molecule has 0 aliphatic heterocycles. The average molecular weight is 208 g/mol. The second kappa shape index (κ2) is 5.71. The van der Waals surface area contributed by atoms with E-state index in [-0.39, 0.29) is 12.4 Å². The Labute approximate surface area is 86.4 Å². The number of nitrogens with zero attached hydrogens (tertiary/aromatic N) is 2. The van der Waals surface area contributed by atoms with E-state index in [4.69, 9.17) is 5.11 Å². The molecule has 0 fully saturated rings. The zero-order chi connectivity index (χ0) is 11.1. The van der Waals surface area contributed by atoms with Crippen LogP contribution in [0.3, 0.4) is 0 Å². The summed E-state index contributed by atoms with van der Waals surface area (Å²) in [7, 11) is 0. The van der Waals surface area contributed by atoms with Crippen LogP contribution in [-0.2, 0) is 0 Å². The number of ketones is 1. The summed E-state index contributed by atoms with van der Waals surface area (Å²) in [4.78, 5) is 24.4. The molecule has 0 radical (unpaired) electrons. The molecule has 2 heterocycles. The normalized spacial score (nSPS) is 9.20. The Morgan fingerprint density at radius 1 is 1.27 bits per heavy atom. The van der Waals surface area contributed by atoms with Crippen LogP contribution < -0.4 is 0 Å². The summed E-state index contributed by atoms with van der Waals surface area (Å²) in [5.74, 6) is 0.361. The maximum absolute atomic E-state index is 11.4. The van der Waals surface area contributed by atoms with Gasteiger partial charge >= 0.3 is 0 Å². The van der Waals surface area contributed by atoms with Crippen LogP contribution in [0.25, 0.3) is 0 Å². The monoisotopic (exact) mass is 208 g/mol. The van der Waals surface area contributed by atoms with Gasteiger partial charge in [-0.25, -0.2) is 9.97 Å². The van der Waals surface area contributed by atoms with Crippen molar-refractivity contribution in [2.75, 3.05) is 6.61 Å². The molecule has 0 unspecified atom stereocenters. The van der Waals surface area contributed by atoms with E-state index in [1.165, 1.54) is 12.4 Å². The van der Waals surface area contributed by atoms with Crippen LogP contribution in [-0.4, -0.2) is 37.4 Å². The van der Waals surface area contributed by atoms with Gasteiger partial charge in [-0.15, -0.1) is 0 Å². The molecule has 6 heteroatoms. The number of hydrogen-bond donors (Lipinski definition) is 3. The number of aliphatic hydroxyl groups is 1. The molecule has 0 saturated carbocycles. The summed E-state index contributed by atoms with van der Waals surface area (Å²) in [6.07, 6.45) is 6.23. The van der Waals surface area contributed by atoms with Gasteiger partial charge in [-0.2, -0.15) is 0 Å². The number of nitrogens with one attached hydrogen (secondary N) is 2. The smallest absolute Gasteiger partial charge is 0.263 e. The number of aliphatic hydroxyl groups excluding tert-OH is 1. The molecular formula is C9H12N4O2. The molecule has 80 valence electrons. The quantitative estimate of drug-likeness (QED) is 0.621. The highest BCUT2D eigenvalue weighted by Crippen LogP contribution is 1.98. The van der Waals surface area contributed by atoms with Gasteiger partial charge in [0.15, 0.2) is 11.6 Å². The Morgan fingerprint density at radius 2 is 1.67 bits per heavy atom. The van der Waals surface area contributed by atoms with Crippen molar-refractivity contribution < 1.29 is 9.90 Å². The van der Waals surface area contributed by atoms with Gasteiger partial charge in [-0.1, -0.05) is 0 Å². The predicted octanol–water partition coefficient (Wildman–Crippen LogP) is 0.362. The lowest BCUT2D eigenvalue weighted by molar-refractivity contribution is 0.102. The number of imidazole rings is 2. The summed E-state index contributed by atoms with van der Waals surface area (Å²) >= 11 is 0. The van der Waals surface area contributed by atoms with Crippen molar-refractivity contribution in [3.8, 4) is 0 Å². The minimum atomic E-state index is -0.231. The lowest BCUT2D eigenvalue weighted by atomic mass is 10.3. The van der Waals surface area contributed by atoms with Crippen molar-refractivity contribution in [1.29, 1.82) is 0 Å². The van der Waals surface area contributed by atoms with Crippen molar-refractivity contribution in [3.63, 3.8) is 0 Å². The number of H-pyrrole nitrogens is 2. The first-order chi connectivity index (χ1) is 7.29. The van der Waals surface area contributed by atoms with Crippen molar-refractivity contribution in [1.82, 2.24) is 19.9 Å². The van der Waals surface area contributed by atoms with E-state index < -0.39 is 0 Å². The van der Waals surface area contributed by atoms with E-state index in [0.717, 1.165) is 0 Å². The van der Waals surface area contributed by atoms with E-state index in [9.17, 15) is 4.79 Å². The zero-order valence-corrected chi connectivity index (χ0v) is 8.27. The van der Waals surface area contributed by atoms with Crippen LogP contribution in [0, 0.1) is 0 Å². The zero-order valence-electron chi connectivity index (χ0n) is 8.27. The lowest BCUT2D eigenvalue weighted by Gasteiger charge is -1.89. The summed E-state index contributed by atoms with van der Waals surface area (Å²) in [5.41, 5.74) is 0. The van der Waals surface area contributed by atoms with E-state index in [1.54, 1.807) is 19.3 Å². The Morgan fingerprint density at radius 3 is 1.93 bits per heavy atom. The van der Waals surface area contributed by atoms with Crippen LogP contribution in [0.2, 0.25) is 0 Å².